The van der Waals surface area contributed by atoms with Crippen molar-refractivity contribution in [3.05, 3.63) is 4.88 Å². The number of carbonyl (C=O) groups excluding carboxylic acids is 1. The highest BCUT2D eigenvalue weighted by atomic mass is 32.1. The second-order valence-electron chi connectivity index (χ2n) is 4.87. The van der Waals surface area contributed by atoms with E-state index < -0.39 is 0 Å². The Morgan fingerprint density at radius 2 is 2.28 bits per heavy atom. The van der Waals surface area contributed by atoms with Gasteiger partial charge in [-0.1, -0.05) is 24.7 Å². The zero-order valence-corrected chi connectivity index (χ0v) is 11.7. The van der Waals surface area contributed by atoms with Gasteiger partial charge in [0.1, 0.15) is 10.7 Å². The third-order valence-electron chi connectivity index (χ3n) is 3.86. The first-order chi connectivity index (χ1) is 8.60. The van der Waals surface area contributed by atoms with Crippen LogP contribution in [-0.4, -0.2) is 24.5 Å². The molecule has 0 radical (unpaired) electrons. The van der Waals surface area contributed by atoms with E-state index in [1.54, 1.807) is 7.05 Å². The van der Waals surface area contributed by atoms with Crippen LogP contribution in [0, 0.1) is 5.41 Å². The SMILES string of the molecule is CCC1(CNC(=O)c2sc(NC)nc2N)CCC1. The molecule has 1 aromatic rings. The predicted molar refractivity (Wildman–Crippen MR) is 75.0 cm³/mol. The van der Waals surface area contributed by atoms with Crippen LogP contribution in [-0.2, 0) is 0 Å². The molecule has 5 nitrogen and oxygen atoms in total. The number of nitrogen functional groups attached to an aromatic ring is 1. The predicted octanol–water partition coefficient (Wildman–Crippen LogP) is 2.08. The van der Waals surface area contributed by atoms with Crippen molar-refractivity contribution in [3.8, 4) is 0 Å². The number of thiazole rings is 1. The Bertz CT molecular complexity index is 434. The number of nitrogens with zero attached hydrogens (tertiary/aromatic N) is 1. The molecule has 1 aliphatic rings. The summed E-state index contributed by atoms with van der Waals surface area (Å²) < 4.78 is 0. The van der Waals surface area contributed by atoms with Crippen LogP contribution in [0.2, 0.25) is 0 Å². The molecule has 1 saturated carbocycles. The first-order valence-electron chi connectivity index (χ1n) is 6.32. The molecule has 100 valence electrons. The van der Waals surface area contributed by atoms with Crippen molar-refractivity contribution in [3.63, 3.8) is 0 Å². The summed E-state index contributed by atoms with van der Waals surface area (Å²) in [5.41, 5.74) is 6.06. The van der Waals surface area contributed by atoms with Gasteiger partial charge in [-0.3, -0.25) is 4.79 Å². The summed E-state index contributed by atoms with van der Waals surface area (Å²) in [5.74, 6) is 0.201. The van der Waals surface area contributed by atoms with Crippen LogP contribution in [0.5, 0.6) is 0 Å². The smallest absolute Gasteiger partial charge is 0.265 e. The van der Waals surface area contributed by atoms with Gasteiger partial charge in [-0.2, -0.15) is 0 Å². The lowest BCUT2D eigenvalue weighted by Gasteiger charge is -2.41. The van der Waals surface area contributed by atoms with Crippen molar-refractivity contribution < 1.29 is 4.79 Å². The highest BCUT2D eigenvalue weighted by Gasteiger charge is 2.35. The zero-order valence-electron chi connectivity index (χ0n) is 10.9. The average molecular weight is 268 g/mol. The molecule has 1 fully saturated rings. The molecule has 0 aliphatic heterocycles. The Labute approximate surface area is 111 Å². The molecule has 0 unspecified atom stereocenters. The normalized spacial score (nSPS) is 17.0. The van der Waals surface area contributed by atoms with E-state index >= 15 is 0 Å². The summed E-state index contributed by atoms with van der Waals surface area (Å²) in [5, 5.41) is 6.56. The van der Waals surface area contributed by atoms with Crippen molar-refractivity contribution in [2.75, 3.05) is 24.6 Å². The zero-order chi connectivity index (χ0) is 13.2. The summed E-state index contributed by atoms with van der Waals surface area (Å²) >= 11 is 1.29. The van der Waals surface area contributed by atoms with Crippen LogP contribution in [0.4, 0.5) is 10.9 Å². The van der Waals surface area contributed by atoms with E-state index in [1.807, 2.05) is 0 Å². The lowest BCUT2D eigenvalue weighted by atomic mass is 9.67. The standard InChI is InChI=1S/C12H20N4OS/c1-3-12(5-4-6-12)7-15-10(17)8-9(13)16-11(14-2)18-8/h3-7,13H2,1-2H3,(H,14,16)(H,15,17). The number of amides is 1. The minimum absolute atomic E-state index is 0.105. The molecule has 1 amide bonds. The molecule has 1 heterocycles. The molecular weight excluding hydrogens is 248 g/mol. The fraction of sp³-hybridized carbons (Fsp3) is 0.667. The van der Waals surface area contributed by atoms with Gasteiger partial charge >= 0.3 is 0 Å². The molecule has 18 heavy (non-hydrogen) atoms. The van der Waals surface area contributed by atoms with E-state index in [4.69, 9.17) is 5.73 Å². The summed E-state index contributed by atoms with van der Waals surface area (Å²) in [6.07, 6.45) is 4.82. The Kier molecular flexibility index (Phi) is 3.75. The first-order valence-corrected chi connectivity index (χ1v) is 7.14. The van der Waals surface area contributed by atoms with E-state index in [0.717, 1.165) is 13.0 Å². The number of rotatable bonds is 5. The first kappa shape index (κ1) is 13.1. The number of nitrogens with one attached hydrogen (secondary N) is 2. The van der Waals surface area contributed by atoms with Crippen molar-refractivity contribution in [2.24, 2.45) is 5.41 Å². The summed E-state index contributed by atoms with van der Waals surface area (Å²) in [7, 11) is 1.76. The number of carbonyl (C=O) groups is 1. The highest BCUT2D eigenvalue weighted by molar-refractivity contribution is 7.18. The van der Waals surface area contributed by atoms with Gasteiger partial charge < -0.3 is 16.4 Å². The van der Waals surface area contributed by atoms with Gasteiger partial charge in [0, 0.05) is 13.6 Å². The Morgan fingerprint density at radius 1 is 1.56 bits per heavy atom. The maximum absolute atomic E-state index is 12.0. The van der Waals surface area contributed by atoms with Gasteiger partial charge in [-0.05, 0) is 24.7 Å². The summed E-state index contributed by atoms with van der Waals surface area (Å²) in [6, 6.07) is 0. The van der Waals surface area contributed by atoms with Crippen molar-refractivity contribution in [2.45, 2.75) is 32.6 Å². The third kappa shape index (κ3) is 2.43. The molecule has 0 aromatic carbocycles. The highest BCUT2D eigenvalue weighted by Crippen LogP contribution is 2.43. The van der Waals surface area contributed by atoms with Gasteiger partial charge in [0.15, 0.2) is 5.13 Å². The van der Waals surface area contributed by atoms with Gasteiger partial charge in [0.2, 0.25) is 0 Å². The number of hydrogen-bond acceptors (Lipinski definition) is 5. The van der Waals surface area contributed by atoms with Crippen molar-refractivity contribution >= 4 is 28.2 Å². The van der Waals surface area contributed by atoms with Gasteiger partial charge in [-0.15, -0.1) is 0 Å². The van der Waals surface area contributed by atoms with Crippen molar-refractivity contribution in [1.29, 1.82) is 0 Å². The molecule has 0 bridgehead atoms. The van der Waals surface area contributed by atoms with Crippen LogP contribution in [0.3, 0.4) is 0 Å². The number of anilines is 2. The topological polar surface area (TPSA) is 80.0 Å². The minimum Gasteiger partial charge on any atom is -0.382 e. The van der Waals surface area contributed by atoms with Crippen LogP contribution < -0.4 is 16.4 Å². The number of nitrogens with two attached hydrogens (primary N) is 1. The summed E-state index contributed by atoms with van der Waals surface area (Å²) in [6.45, 7) is 2.93. The van der Waals surface area contributed by atoms with Gasteiger partial charge in [-0.25, -0.2) is 4.98 Å². The van der Waals surface area contributed by atoms with Crippen LogP contribution in [0.1, 0.15) is 42.3 Å². The quantitative estimate of drug-likeness (QED) is 0.764. The van der Waals surface area contributed by atoms with Gasteiger partial charge in [0.25, 0.3) is 5.91 Å². The van der Waals surface area contributed by atoms with Crippen LogP contribution in [0.15, 0.2) is 0 Å². The number of aromatic nitrogens is 1. The fourth-order valence-electron chi connectivity index (χ4n) is 2.28. The summed E-state index contributed by atoms with van der Waals surface area (Å²) in [4.78, 5) is 16.6. The maximum atomic E-state index is 12.0. The van der Waals surface area contributed by atoms with Crippen molar-refractivity contribution in [1.82, 2.24) is 10.3 Å². The lowest BCUT2D eigenvalue weighted by Crippen LogP contribution is -2.41. The molecule has 0 spiro atoms. The van der Waals surface area contributed by atoms with E-state index in [2.05, 4.69) is 22.5 Å². The largest absolute Gasteiger partial charge is 0.382 e. The third-order valence-corrected chi connectivity index (χ3v) is 4.95. The molecule has 4 N–H and O–H groups in total. The van der Waals surface area contributed by atoms with Crippen LogP contribution >= 0.6 is 11.3 Å². The lowest BCUT2D eigenvalue weighted by molar-refractivity contribution is 0.0854. The molecule has 1 aromatic heterocycles. The molecule has 2 rings (SSSR count). The molecule has 1 aliphatic carbocycles. The Balaban J connectivity index is 1.97. The minimum atomic E-state index is -0.105. The van der Waals surface area contributed by atoms with E-state index in [-0.39, 0.29) is 5.91 Å². The Hall–Kier alpha value is -1.30. The monoisotopic (exact) mass is 268 g/mol. The molecule has 0 saturated heterocycles. The second kappa shape index (κ2) is 5.14. The van der Waals surface area contributed by atoms with E-state index in [1.165, 1.54) is 30.6 Å². The second-order valence-corrected chi connectivity index (χ2v) is 5.87. The fourth-order valence-corrected chi connectivity index (χ4v) is 3.04. The maximum Gasteiger partial charge on any atom is 0.265 e. The Morgan fingerprint density at radius 3 is 2.72 bits per heavy atom. The van der Waals surface area contributed by atoms with Crippen LogP contribution in [0.25, 0.3) is 0 Å². The van der Waals surface area contributed by atoms with E-state index in [0.29, 0.717) is 21.2 Å². The van der Waals surface area contributed by atoms with E-state index in [9.17, 15) is 4.79 Å². The molecule has 6 heteroatoms. The molecule has 0 atom stereocenters. The van der Waals surface area contributed by atoms with Gasteiger partial charge in [0.05, 0.1) is 0 Å². The number of hydrogen-bond donors (Lipinski definition) is 3. The average Bonchev–Trinajstić information content (AvgIpc) is 2.69. The molecular formula is C12H20N4OS.